The molecule has 1 aliphatic rings. The summed E-state index contributed by atoms with van der Waals surface area (Å²) < 4.78 is 8.00. The average molecular weight is 293 g/mol. The van der Waals surface area contributed by atoms with Crippen molar-refractivity contribution in [2.24, 2.45) is 0 Å². The minimum Gasteiger partial charge on any atom is -0.377 e. The molecule has 0 bridgehead atoms. The second-order valence-corrected chi connectivity index (χ2v) is 6.19. The number of hydrogen-bond donors (Lipinski definition) is 1. The van der Waals surface area contributed by atoms with E-state index in [1.54, 1.807) is 0 Å². The van der Waals surface area contributed by atoms with Crippen molar-refractivity contribution in [3.8, 4) is 0 Å². The summed E-state index contributed by atoms with van der Waals surface area (Å²) in [6.45, 7) is 7.59. The quantitative estimate of drug-likeness (QED) is 0.759. The van der Waals surface area contributed by atoms with Crippen LogP contribution in [0.2, 0.25) is 0 Å². The molecule has 21 heavy (non-hydrogen) atoms. The van der Waals surface area contributed by atoms with Gasteiger partial charge in [0.1, 0.15) is 0 Å². The smallest absolute Gasteiger partial charge is 0.0834 e. The Hall–Kier alpha value is -0.870. The first-order chi connectivity index (χ1) is 10.2. The van der Waals surface area contributed by atoms with Crippen molar-refractivity contribution in [1.82, 2.24) is 15.1 Å². The largest absolute Gasteiger partial charge is 0.377 e. The molecule has 1 unspecified atom stereocenters. The molecular formula is C17H31N3O. The number of nitrogens with one attached hydrogen (secondary N) is 1. The van der Waals surface area contributed by atoms with E-state index in [1.165, 1.54) is 12.1 Å². The van der Waals surface area contributed by atoms with E-state index in [0.717, 1.165) is 38.6 Å². The van der Waals surface area contributed by atoms with E-state index in [0.29, 0.717) is 12.1 Å². The predicted octanol–water partition coefficient (Wildman–Crippen LogP) is 3.33. The van der Waals surface area contributed by atoms with E-state index in [4.69, 9.17) is 9.84 Å². The Labute approximate surface area is 129 Å². The van der Waals surface area contributed by atoms with E-state index in [2.05, 4.69) is 43.0 Å². The van der Waals surface area contributed by atoms with Crippen molar-refractivity contribution in [3.63, 3.8) is 0 Å². The monoisotopic (exact) mass is 293 g/mol. The Morgan fingerprint density at radius 3 is 2.52 bits per heavy atom. The van der Waals surface area contributed by atoms with Crippen LogP contribution in [0.4, 0.5) is 0 Å². The zero-order valence-electron chi connectivity index (χ0n) is 14.1. The van der Waals surface area contributed by atoms with Gasteiger partial charge in [0.2, 0.25) is 0 Å². The highest BCUT2D eigenvalue weighted by Gasteiger charge is 2.44. The molecule has 1 aromatic heterocycles. The van der Waals surface area contributed by atoms with E-state index in [1.807, 2.05) is 7.11 Å². The molecule has 1 aliphatic carbocycles. The van der Waals surface area contributed by atoms with Crippen molar-refractivity contribution in [2.75, 3.05) is 13.7 Å². The van der Waals surface area contributed by atoms with Gasteiger partial charge in [-0.3, -0.25) is 4.68 Å². The minimum absolute atomic E-state index is 0.0225. The lowest BCUT2D eigenvalue weighted by Crippen LogP contribution is -2.57. The van der Waals surface area contributed by atoms with E-state index < -0.39 is 0 Å². The average Bonchev–Trinajstić information content (AvgIpc) is 2.88. The van der Waals surface area contributed by atoms with Crippen molar-refractivity contribution in [3.05, 3.63) is 18.0 Å². The van der Waals surface area contributed by atoms with Gasteiger partial charge in [0, 0.05) is 25.8 Å². The molecule has 1 heterocycles. The number of nitrogens with zero attached hydrogens (tertiary/aromatic N) is 2. The van der Waals surface area contributed by atoms with Crippen LogP contribution < -0.4 is 5.32 Å². The van der Waals surface area contributed by atoms with Crippen LogP contribution in [0.1, 0.15) is 64.6 Å². The highest BCUT2D eigenvalue weighted by atomic mass is 16.5. The maximum absolute atomic E-state index is 5.86. The molecule has 0 spiro atoms. The molecule has 1 saturated carbocycles. The van der Waals surface area contributed by atoms with Gasteiger partial charge in [-0.05, 0) is 44.7 Å². The highest BCUT2D eigenvalue weighted by Crippen LogP contribution is 2.39. The van der Waals surface area contributed by atoms with Crippen LogP contribution in [0.25, 0.3) is 0 Å². The Morgan fingerprint density at radius 1 is 1.33 bits per heavy atom. The number of hydrogen-bond acceptors (Lipinski definition) is 3. The van der Waals surface area contributed by atoms with Crippen molar-refractivity contribution >= 4 is 0 Å². The summed E-state index contributed by atoms with van der Waals surface area (Å²) in [4.78, 5) is 0. The fourth-order valence-electron chi connectivity index (χ4n) is 3.47. The van der Waals surface area contributed by atoms with Gasteiger partial charge < -0.3 is 10.1 Å². The molecule has 1 aromatic rings. The van der Waals surface area contributed by atoms with Gasteiger partial charge in [0.25, 0.3) is 0 Å². The molecule has 0 saturated heterocycles. The first-order valence-corrected chi connectivity index (χ1v) is 8.51. The van der Waals surface area contributed by atoms with Crippen molar-refractivity contribution < 1.29 is 4.74 Å². The summed E-state index contributed by atoms with van der Waals surface area (Å²) in [6.07, 6.45) is 8.96. The Bertz CT molecular complexity index is 416. The third kappa shape index (κ3) is 3.49. The Balaban J connectivity index is 2.07. The van der Waals surface area contributed by atoms with Crippen LogP contribution in [0.15, 0.2) is 12.3 Å². The maximum Gasteiger partial charge on any atom is 0.0834 e. The molecule has 0 amide bonds. The molecule has 120 valence electrons. The molecule has 0 radical (unpaired) electrons. The molecule has 1 N–H and O–H groups in total. The topological polar surface area (TPSA) is 39.1 Å². The summed E-state index contributed by atoms with van der Waals surface area (Å²) in [7, 11) is 1.85. The summed E-state index contributed by atoms with van der Waals surface area (Å²) >= 11 is 0. The van der Waals surface area contributed by atoms with Crippen LogP contribution in [0.5, 0.6) is 0 Å². The molecule has 2 rings (SSSR count). The third-order valence-corrected chi connectivity index (χ3v) is 5.09. The molecule has 1 fully saturated rings. The normalized spacial score (nSPS) is 18.7. The van der Waals surface area contributed by atoms with Crippen LogP contribution in [-0.4, -0.2) is 35.1 Å². The molecular weight excluding hydrogens is 262 g/mol. The SMILES string of the molecule is CCNC(Cc1ccn(C(CC)CC)n1)C1(OC)CCC1. The zero-order valence-corrected chi connectivity index (χ0v) is 14.1. The maximum atomic E-state index is 5.86. The summed E-state index contributed by atoms with van der Waals surface area (Å²) in [5, 5.41) is 8.42. The van der Waals surface area contributed by atoms with Gasteiger partial charge in [0.05, 0.1) is 17.3 Å². The van der Waals surface area contributed by atoms with Gasteiger partial charge in [-0.1, -0.05) is 20.8 Å². The zero-order chi connectivity index (χ0) is 15.3. The van der Waals surface area contributed by atoms with E-state index >= 15 is 0 Å². The summed E-state index contributed by atoms with van der Waals surface area (Å²) in [6, 6.07) is 3.06. The molecule has 0 aliphatic heterocycles. The van der Waals surface area contributed by atoms with Gasteiger partial charge >= 0.3 is 0 Å². The predicted molar refractivity (Wildman–Crippen MR) is 86.6 cm³/mol. The molecule has 4 nitrogen and oxygen atoms in total. The van der Waals surface area contributed by atoms with Gasteiger partial charge in [0.15, 0.2) is 0 Å². The fraction of sp³-hybridized carbons (Fsp3) is 0.824. The number of likely N-dealkylation sites (N-methyl/N-ethyl adjacent to an activating group) is 1. The number of aromatic nitrogens is 2. The molecule has 1 atom stereocenters. The second kappa shape index (κ2) is 7.41. The molecule has 4 heteroatoms. The first-order valence-electron chi connectivity index (χ1n) is 8.51. The summed E-state index contributed by atoms with van der Waals surface area (Å²) in [5.74, 6) is 0. The van der Waals surface area contributed by atoms with Crippen LogP contribution in [0, 0.1) is 0 Å². The number of methoxy groups -OCH3 is 1. The first kappa shape index (κ1) is 16.5. The van der Waals surface area contributed by atoms with Crippen LogP contribution in [0.3, 0.4) is 0 Å². The van der Waals surface area contributed by atoms with Gasteiger partial charge in [-0.25, -0.2) is 0 Å². The van der Waals surface area contributed by atoms with Crippen LogP contribution >= 0.6 is 0 Å². The molecule has 0 aromatic carbocycles. The third-order valence-electron chi connectivity index (χ3n) is 5.09. The minimum atomic E-state index is 0.0225. The van der Waals surface area contributed by atoms with E-state index in [-0.39, 0.29) is 5.60 Å². The standard InChI is InChI=1S/C17H31N3O/c1-5-15(6-2)20-12-9-14(19-20)13-16(18-7-3)17(21-4)10-8-11-17/h9,12,15-16,18H,5-8,10-11,13H2,1-4H3. The van der Waals surface area contributed by atoms with Crippen LogP contribution in [-0.2, 0) is 11.2 Å². The highest BCUT2D eigenvalue weighted by molar-refractivity contribution is 5.09. The second-order valence-electron chi connectivity index (χ2n) is 6.19. The van der Waals surface area contributed by atoms with Crippen molar-refractivity contribution in [1.29, 1.82) is 0 Å². The Kier molecular flexibility index (Phi) is 5.82. The van der Waals surface area contributed by atoms with Gasteiger partial charge in [-0.2, -0.15) is 5.10 Å². The van der Waals surface area contributed by atoms with E-state index in [9.17, 15) is 0 Å². The fourth-order valence-corrected chi connectivity index (χ4v) is 3.47. The number of rotatable bonds is 9. The Morgan fingerprint density at radius 2 is 2.05 bits per heavy atom. The lowest BCUT2D eigenvalue weighted by Gasteiger charge is -2.46. The van der Waals surface area contributed by atoms with Crippen molar-refractivity contribution in [2.45, 2.75) is 77.0 Å². The number of ether oxygens (including phenoxy) is 1. The lowest BCUT2D eigenvalue weighted by atomic mass is 9.73. The summed E-state index contributed by atoms with van der Waals surface area (Å²) in [5.41, 5.74) is 1.20. The lowest BCUT2D eigenvalue weighted by molar-refractivity contribution is -0.0980. The van der Waals surface area contributed by atoms with Gasteiger partial charge in [-0.15, -0.1) is 0 Å².